The van der Waals surface area contributed by atoms with E-state index in [0.717, 1.165) is 17.0 Å². The number of nitriles is 1. The Balaban J connectivity index is 2.17. The molecule has 0 spiro atoms. The zero-order valence-electron chi connectivity index (χ0n) is 11.4. The number of aryl methyl sites for hydroxylation is 1. The SMILES string of the molecule is COc1ccc(C)cc1CNc1ccc(Cl)c(C#N)c1. The highest BCUT2D eigenvalue weighted by atomic mass is 35.5. The van der Waals surface area contributed by atoms with Gasteiger partial charge in [0.25, 0.3) is 0 Å². The smallest absolute Gasteiger partial charge is 0.123 e. The van der Waals surface area contributed by atoms with Crippen molar-refractivity contribution in [1.82, 2.24) is 0 Å². The van der Waals surface area contributed by atoms with E-state index in [0.29, 0.717) is 17.1 Å². The summed E-state index contributed by atoms with van der Waals surface area (Å²) >= 11 is 5.91. The fourth-order valence-electron chi connectivity index (χ4n) is 1.96. The van der Waals surface area contributed by atoms with Crippen LogP contribution in [0.2, 0.25) is 5.02 Å². The maximum atomic E-state index is 8.96. The predicted octanol–water partition coefficient (Wildman–Crippen LogP) is 4.14. The molecule has 0 aliphatic rings. The minimum Gasteiger partial charge on any atom is -0.496 e. The number of benzene rings is 2. The van der Waals surface area contributed by atoms with Crippen molar-refractivity contribution in [3.05, 3.63) is 58.1 Å². The van der Waals surface area contributed by atoms with Crippen LogP contribution in [0.1, 0.15) is 16.7 Å². The van der Waals surface area contributed by atoms with Crippen LogP contribution in [0.25, 0.3) is 0 Å². The molecule has 0 fully saturated rings. The lowest BCUT2D eigenvalue weighted by atomic mass is 10.1. The third-order valence-corrected chi connectivity index (χ3v) is 3.34. The van der Waals surface area contributed by atoms with Gasteiger partial charge in [-0.05, 0) is 31.2 Å². The van der Waals surface area contributed by atoms with Crippen LogP contribution in [0.3, 0.4) is 0 Å². The lowest BCUT2D eigenvalue weighted by molar-refractivity contribution is 0.410. The molecule has 3 nitrogen and oxygen atoms in total. The van der Waals surface area contributed by atoms with E-state index in [1.165, 1.54) is 5.56 Å². The number of rotatable bonds is 4. The molecule has 0 saturated heterocycles. The summed E-state index contributed by atoms with van der Waals surface area (Å²) in [6, 6.07) is 13.4. The summed E-state index contributed by atoms with van der Waals surface area (Å²) in [5.74, 6) is 0.845. The lowest BCUT2D eigenvalue weighted by Crippen LogP contribution is -2.02. The van der Waals surface area contributed by atoms with Gasteiger partial charge in [-0.25, -0.2) is 0 Å². The first kappa shape index (κ1) is 14.2. The van der Waals surface area contributed by atoms with Crippen molar-refractivity contribution in [2.45, 2.75) is 13.5 Å². The summed E-state index contributed by atoms with van der Waals surface area (Å²) in [4.78, 5) is 0. The van der Waals surface area contributed by atoms with Crippen molar-refractivity contribution in [3.63, 3.8) is 0 Å². The number of hydrogen-bond acceptors (Lipinski definition) is 3. The van der Waals surface area contributed by atoms with Gasteiger partial charge >= 0.3 is 0 Å². The molecule has 0 radical (unpaired) electrons. The minimum atomic E-state index is 0.464. The molecule has 1 N–H and O–H groups in total. The first-order valence-corrected chi connectivity index (χ1v) is 6.59. The topological polar surface area (TPSA) is 45.0 Å². The van der Waals surface area contributed by atoms with E-state index in [1.807, 2.05) is 25.1 Å². The van der Waals surface area contributed by atoms with Gasteiger partial charge in [0, 0.05) is 17.8 Å². The highest BCUT2D eigenvalue weighted by molar-refractivity contribution is 6.31. The standard InChI is InChI=1S/C16H15ClN2O/c1-11-3-6-16(20-2)13(7-11)10-19-14-4-5-15(17)12(8-14)9-18/h3-8,19H,10H2,1-2H3. The van der Waals surface area contributed by atoms with Gasteiger partial charge in [-0.1, -0.05) is 29.3 Å². The predicted molar refractivity (Wildman–Crippen MR) is 81.2 cm³/mol. The molecule has 0 unspecified atom stereocenters. The van der Waals surface area contributed by atoms with Gasteiger partial charge in [0.1, 0.15) is 11.8 Å². The quantitative estimate of drug-likeness (QED) is 0.919. The molecule has 2 rings (SSSR count). The Morgan fingerprint density at radius 2 is 2.05 bits per heavy atom. The van der Waals surface area contributed by atoms with E-state index in [1.54, 1.807) is 19.2 Å². The summed E-state index contributed by atoms with van der Waals surface area (Å²) in [6.45, 7) is 2.66. The van der Waals surface area contributed by atoms with Gasteiger partial charge in [-0.15, -0.1) is 0 Å². The molecule has 0 saturated carbocycles. The average Bonchev–Trinajstić information content (AvgIpc) is 2.46. The van der Waals surface area contributed by atoms with Crippen LogP contribution in [0.15, 0.2) is 36.4 Å². The lowest BCUT2D eigenvalue weighted by Gasteiger charge is -2.12. The van der Waals surface area contributed by atoms with Gasteiger partial charge in [0.05, 0.1) is 17.7 Å². The van der Waals surface area contributed by atoms with Crippen molar-refractivity contribution >= 4 is 17.3 Å². The summed E-state index contributed by atoms with van der Waals surface area (Å²) in [5.41, 5.74) is 3.57. The molecule has 2 aromatic carbocycles. The highest BCUT2D eigenvalue weighted by Gasteiger charge is 2.05. The molecule has 0 aliphatic carbocycles. The number of nitrogens with zero attached hydrogens (tertiary/aromatic N) is 1. The van der Waals surface area contributed by atoms with Crippen LogP contribution in [0, 0.1) is 18.3 Å². The Hall–Kier alpha value is -2.18. The zero-order valence-corrected chi connectivity index (χ0v) is 12.2. The average molecular weight is 287 g/mol. The second-order valence-electron chi connectivity index (χ2n) is 4.48. The van der Waals surface area contributed by atoms with Crippen molar-refractivity contribution in [3.8, 4) is 11.8 Å². The largest absolute Gasteiger partial charge is 0.496 e. The third-order valence-electron chi connectivity index (χ3n) is 3.01. The van der Waals surface area contributed by atoms with Gasteiger partial charge in [-0.2, -0.15) is 5.26 Å². The van der Waals surface area contributed by atoms with E-state index >= 15 is 0 Å². The first-order chi connectivity index (χ1) is 9.63. The van der Waals surface area contributed by atoms with E-state index in [2.05, 4.69) is 17.5 Å². The molecule has 2 aromatic rings. The summed E-state index contributed by atoms with van der Waals surface area (Å²) in [6.07, 6.45) is 0. The molecule has 0 heterocycles. The fraction of sp³-hybridized carbons (Fsp3) is 0.188. The first-order valence-electron chi connectivity index (χ1n) is 6.21. The van der Waals surface area contributed by atoms with E-state index in [9.17, 15) is 0 Å². The molecular formula is C16H15ClN2O. The van der Waals surface area contributed by atoms with E-state index in [-0.39, 0.29) is 0 Å². The summed E-state index contributed by atoms with van der Waals surface area (Å²) < 4.78 is 5.34. The van der Waals surface area contributed by atoms with Crippen LogP contribution < -0.4 is 10.1 Å². The molecule has 20 heavy (non-hydrogen) atoms. The molecular weight excluding hydrogens is 272 g/mol. The fourth-order valence-corrected chi connectivity index (χ4v) is 2.12. The summed E-state index contributed by atoms with van der Waals surface area (Å²) in [7, 11) is 1.66. The molecule has 0 atom stereocenters. The minimum absolute atomic E-state index is 0.464. The molecule has 0 aliphatic heterocycles. The van der Waals surface area contributed by atoms with Crippen molar-refractivity contribution in [1.29, 1.82) is 5.26 Å². The number of halogens is 1. The second kappa shape index (κ2) is 6.31. The number of hydrogen-bond donors (Lipinski definition) is 1. The number of nitrogens with one attached hydrogen (secondary N) is 1. The van der Waals surface area contributed by atoms with Crippen LogP contribution in [-0.4, -0.2) is 7.11 Å². The highest BCUT2D eigenvalue weighted by Crippen LogP contribution is 2.23. The Labute approximate surface area is 123 Å². The van der Waals surface area contributed by atoms with Crippen molar-refractivity contribution in [2.24, 2.45) is 0 Å². The van der Waals surface area contributed by atoms with Gasteiger partial charge < -0.3 is 10.1 Å². The molecule has 0 bridgehead atoms. The van der Waals surface area contributed by atoms with Crippen LogP contribution in [0.5, 0.6) is 5.75 Å². The van der Waals surface area contributed by atoms with Crippen LogP contribution in [-0.2, 0) is 6.54 Å². The molecule has 0 amide bonds. The van der Waals surface area contributed by atoms with Gasteiger partial charge in [-0.3, -0.25) is 0 Å². The number of ether oxygens (including phenoxy) is 1. The maximum absolute atomic E-state index is 8.96. The molecule has 0 aromatic heterocycles. The van der Waals surface area contributed by atoms with Crippen LogP contribution >= 0.6 is 11.6 Å². The second-order valence-corrected chi connectivity index (χ2v) is 4.88. The maximum Gasteiger partial charge on any atom is 0.123 e. The summed E-state index contributed by atoms with van der Waals surface area (Å²) in [5, 5.41) is 12.7. The third kappa shape index (κ3) is 3.23. The monoisotopic (exact) mass is 286 g/mol. The molecule has 4 heteroatoms. The Morgan fingerprint density at radius 3 is 2.75 bits per heavy atom. The van der Waals surface area contributed by atoms with Crippen LogP contribution in [0.4, 0.5) is 5.69 Å². The number of methoxy groups -OCH3 is 1. The van der Waals surface area contributed by atoms with Crippen molar-refractivity contribution < 1.29 is 4.74 Å². The molecule has 102 valence electrons. The van der Waals surface area contributed by atoms with E-state index in [4.69, 9.17) is 21.6 Å². The van der Waals surface area contributed by atoms with Crippen molar-refractivity contribution in [2.75, 3.05) is 12.4 Å². The Morgan fingerprint density at radius 1 is 1.25 bits per heavy atom. The van der Waals surface area contributed by atoms with Gasteiger partial charge in [0.2, 0.25) is 0 Å². The Bertz CT molecular complexity index is 662. The zero-order chi connectivity index (χ0) is 14.5. The Kier molecular flexibility index (Phi) is 4.49. The van der Waals surface area contributed by atoms with E-state index < -0.39 is 0 Å². The normalized spacial score (nSPS) is 9.90. The number of anilines is 1. The van der Waals surface area contributed by atoms with Gasteiger partial charge in [0.15, 0.2) is 0 Å².